The molecule has 0 heterocycles. The standard InChI is InChI=1S/C27H37N3O4S/c1-4-25(27(32)28-23-15-7-5-8-16-23)29(19-22-14-12-11-13-21(22)2)26(31)20-30(35(3,33)34)24-17-9-6-10-18-24/h6,9-14,17-18,23,25H,4-5,7-8,15-16,19-20H2,1-3H3,(H,28,32)/t25-/m1/s1. The maximum atomic E-state index is 13.7. The Hall–Kier alpha value is -2.87. The molecule has 1 aliphatic rings. The van der Waals surface area contributed by atoms with Gasteiger partial charge in [-0.05, 0) is 49.4 Å². The Morgan fingerprint density at radius 3 is 2.23 bits per heavy atom. The fourth-order valence-electron chi connectivity index (χ4n) is 4.64. The summed E-state index contributed by atoms with van der Waals surface area (Å²) in [6.07, 6.45) is 6.78. The van der Waals surface area contributed by atoms with Crippen LogP contribution in [-0.2, 0) is 26.2 Å². The number of hydrogen-bond acceptors (Lipinski definition) is 4. The predicted octanol–water partition coefficient (Wildman–Crippen LogP) is 4.02. The molecule has 0 radical (unpaired) electrons. The van der Waals surface area contributed by atoms with Crippen LogP contribution in [0.15, 0.2) is 54.6 Å². The lowest BCUT2D eigenvalue weighted by atomic mass is 9.95. The summed E-state index contributed by atoms with van der Waals surface area (Å²) in [5.41, 5.74) is 2.35. The number of rotatable bonds is 10. The van der Waals surface area contributed by atoms with E-state index in [4.69, 9.17) is 0 Å². The number of anilines is 1. The van der Waals surface area contributed by atoms with E-state index in [-0.39, 0.29) is 25.0 Å². The molecule has 0 aliphatic heterocycles. The van der Waals surface area contributed by atoms with Crippen molar-refractivity contribution in [1.82, 2.24) is 10.2 Å². The van der Waals surface area contributed by atoms with Gasteiger partial charge in [-0.15, -0.1) is 0 Å². The molecule has 2 aromatic rings. The fraction of sp³-hybridized carbons (Fsp3) is 0.481. The van der Waals surface area contributed by atoms with Gasteiger partial charge in [0.05, 0.1) is 11.9 Å². The number of sulfonamides is 1. The molecule has 1 aliphatic carbocycles. The van der Waals surface area contributed by atoms with E-state index in [1.807, 2.05) is 38.1 Å². The summed E-state index contributed by atoms with van der Waals surface area (Å²) in [4.78, 5) is 28.6. The quantitative estimate of drug-likeness (QED) is 0.535. The van der Waals surface area contributed by atoms with E-state index in [1.165, 1.54) is 6.42 Å². The zero-order chi connectivity index (χ0) is 25.4. The van der Waals surface area contributed by atoms with E-state index in [0.717, 1.165) is 47.4 Å². The average molecular weight is 500 g/mol. The lowest BCUT2D eigenvalue weighted by molar-refractivity contribution is -0.140. The molecule has 2 amide bonds. The largest absolute Gasteiger partial charge is 0.352 e. The topological polar surface area (TPSA) is 86.8 Å². The molecule has 35 heavy (non-hydrogen) atoms. The molecule has 1 saturated carbocycles. The number of nitrogens with one attached hydrogen (secondary N) is 1. The van der Waals surface area contributed by atoms with Crippen molar-refractivity contribution in [2.24, 2.45) is 0 Å². The van der Waals surface area contributed by atoms with Gasteiger partial charge in [0, 0.05) is 12.6 Å². The Balaban J connectivity index is 1.90. The monoisotopic (exact) mass is 499 g/mol. The van der Waals surface area contributed by atoms with Crippen LogP contribution in [-0.4, -0.2) is 50.0 Å². The summed E-state index contributed by atoms with van der Waals surface area (Å²) >= 11 is 0. The van der Waals surface area contributed by atoms with Crippen molar-refractivity contribution >= 4 is 27.5 Å². The minimum absolute atomic E-state index is 0.123. The third-order valence-corrected chi connectivity index (χ3v) is 7.80. The zero-order valence-corrected chi connectivity index (χ0v) is 21.8. The Bertz CT molecular complexity index is 1100. The van der Waals surface area contributed by atoms with Gasteiger partial charge in [-0.1, -0.05) is 68.7 Å². The molecule has 0 saturated heterocycles. The third kappa shape index (κ3) is 7.31. The Labute approximate surface area is 209 Å². The van der Waals surface area contributed by atoms with Gasteiger partial charge < -0.3 is 10.2 Å². The molecule has 0 bridgehead atoms. The highest BCUT2D eigenvalue weighted by Crippen LogP contribution is 2.21. The van der Waals surface area contributed by atoms with Crippen LogP contribution < -0.4 is 9.62 Å². The summed E-state index contributed by atoms with van der Waals surface area (Å²) in [7, 11) is -3.72. The normalized spacial score (nSPS) is 15.3. The molecular formula is C27H37N3O4S. The molecule has 1 atom stereocenters. The van der Waals surface area contributed by atoms with Crippen molar-refractivity contribution in [2.75, 3.05) is 17.1 Å². The van der Waals surface area contributed by atoms with Crippen molar-refractivity contribution in [3.05, 3.63) is 65.7 Å². The Morgan fingerprint density at radius 1 is 1.00 bits per heavy atom. The van der Waals surface area contributed by atoms with Crippen LogP contribution in [0.5, 0.6) is 0 Å². The minimum atomic E-state index is -3.72. The van der Waals surface area contributed by atoms with Crippen molar-refractivity contribution in [3.8, 4) is 0 Å². The van der Waals surface area contributed by atoms with Gasteiger partial charge in [0.15, 0.2) is 0 Å². The Kier molecular flexibility index (Phi) is 9.32. The first-order chi connectivity index (χ1) is 16.7. The number of benzene rings is 2. The lowest BCUT2D eigenvalue weighted by Crippen LogP contribution is -2.54. The van der Waals surface area contributed by atoms with Gasteiger partial charge in [-0.25, -0.2) is 8.42 Å². The number of carbonyl (C=O) groups is 2. The maximum absolute atomic E-state index is 13.7. The van der Waals surface area contributed by atoms with Gasteiger partial charge in [-0.2, -0.15) is 0 Å². The number of para-hydroxylation sites is 1. The fourth-order valence-corrected chi connectivity index (χ4v) is 5.49. The predicted molar refractivity (Wildman–Crippen MR) is 139 cm³/mol. The SMILES string of the molecule is CC[C@H](C(=O)NC1CCCCC1)N(Cc1ccccc1C)C(=O)CN(c1ccccc1)S(C)(=O)=O. The second-order valence-corrected chi connectivity index (χ2v) is 11.2. The van der Waals surface area contributed by atoms with Gasteiger partial charge in [-0.3, -0.25) is 13.9 Å². The lowest BCUT2D eigenvalue weighted by Gasteiger charge is -2.34. The second kappa shape index (κ2) is 12.2. The minimum Gasteiger partial charge on any atom is -0.352 e. The van der Waals surface area contributed by atoms with Crippen LogP contribution in [0.1, 0.15) is 56.6 Å². The number of nitrogens with zero attached hydrogens (tertiary/aromatic N) is 2. The molecule has 0 unspecified atom stereocenters. The van der Waals surface area contributed by atoms with Crippen LogP contribution in [0.2, 0.25) is 0 Å². The maximum Gasteiger partial charge on any atom is 0.244 e. The van der Waals surface area contributed by atoms with Gasteiger partial charge in [0.25, 0.3) is 0 Å². The van der Waals surface area contributed by atoms with Gasteiger partial charge in [0.1, 0.15) is 12.6 Å². The number of carbonyl (C=O) groups excluding carboxylic acids is 2. The van der Waals surface area contributed by atoms with E-state index in [0.29, 0.717) is 12.1 Å². The van der Waals surface area contributed by atoms with Crippen LogP contribution in [0.4, 0.5) is 5.69 Å². The van der Waals surface area contributed by atoms with E-state index >= 15 is 0 Å². The number of aryl methyl sites for hydroxylation is 1. The zero-order valence-electron chi connectivity index (χ0n) is 20.9. The first-order valence-corrected chi connectivity index (χ1v) is 14.2. The van der Waals surface area contributed by atoms with Crippen molar-refractivity contribution in [2.45, 2.75) is 71.0 Å². The van der Waals surface area contributed by atoms with Gasteiger partial charge in [0.2, 0.25) is 21.8 Å². The highest BCUT2D eigenvalue weighted by atomic mass is 32.2. The molecule has 0 aromatic heterocycles. The van der Waals surface area contributed by atoms with Crippen LogP contribution in [0.25, 0.3) is 0 Å². The molecule has 7 nitrogen and oxygen atoms in total. The Morgan fingerprint density at radius 2 is 1.63 bits per heavy atom. The molecule has 190 valence electrons. The molecule has 1 N–H and O–H groups in total. The smallest absolute Gasteiger partial charge is 0.244 e. The molecule has 1 fully saturated rings. The highest BCUT2D eigenvalue weighted by molar-refractivity contribution is 7.92. The first-order valence-electron chi connectivity index (χ1n) is 12.4. The molecule has 3 rings (SSSR count). The van der Waals surface area contributed by atoms with Gasteiger partial charge >= 0.3 is 0 Å². The van der Waals surface area contributed by atoms with E-state index in [2.05, 4.69) is 5.32 Å². The summed E-state index contributed by atoms with van der Waals surface area (Å²) < 4.78 is 26.3. The van der Waals surface area contributed by atoms with Crippen LogP contribution >= 0.6 is 0 Å². The second-order valence-electron chi connectivity index (χ2n) is 9.32. The number of hydrogen-bond donors (Lipinski definition) is 1. The van der Waals surface area contributed by atoms with Crippen molar-refractivity contribution in [1.29, 1.82) is 0 Å². The third-order valence-electron chi connectivity index (χ3n) is 6.66. The van der Waals surface area contributed by atoms with E-state index in [9.17, 15) is 18.0 Å². The first kappa shape index (κ1) is 26.7. The average Bonchev–Trinajstić information content (AvgIpc) is 2.84. The molecule has 8 heteroatoms. The molecule has 0 spiro atoms. The van der Waals surface area contributed by atoms with Crippen molar-refractivity contribution < 1.29 is 18.0 Å². The number of amides is 2. The summed E-state index contributed by atoms with van der Waals surface area (Å²) in [5.74, 6) is -0.583. The molecular weight excluding hydrogens is 462 g/mol. The van der Waals surface area contributed by atoms with E-state index < -0.39 is 22.0 Å². The summed E-state index contributed by atoms with van der Waals surface area (Å²) in [6, 6.07) is 15.7. The molecule has 2 aromatic carbocycles. The van der Waals surface area contributed by atoms with Crippen molar-refractivity contribution in [3.63, 3.8) is 0 Å². The summed E-state index contributed by atoms with van der Waals surface area (Å²) in [5, 5.41) is 3.16. The highest BCUT2D eigenvalue weighted by Gasteiger charge is 2.33. The van der Waals surface area contributed by atoms with Crippen LogP contribution in [0, 0.1) is 6.92 Å². The van der Waals surface area contributed by atoms with E-state index in [1.54, 1.807) is 35.2 Å². The van der Waals surface area contributed by atoms with Crippen LogP contribution in [0.3, 0.4) is 0 Å². The summed E-state index contributed by atoms with van der Waals surface area (Å²) in [6.45, 7) is 3.71.